The second-order valence-electron chi connectivity index (χ2n) is 6.77. The lowest BCUT2D eigenvalue weighted by atomic mass is 10.2. The van der Waals surface area contributed by atoms with Crippen LogP contribution in [0.5, 0.6) is 0 Å². The van der Waals surface area contributed by atoms with Crippen LogP contribution < -0.4 is 11.1 Å². The summed E-state index contributed by atoms with van der Waals surface area (Å²) in [5.41, 5.74) is 4.05. The van der Waals surface area contributed by atoms with E-state index in [1.165, 1.54) is 12.4 Å². The topological polar surface area (TPSA) is 121 Å². The van der Waals surface area contributed by atoms with Crippen molar-refractivity contribution in [1.82, 2.24) is 29.5 Å². The van der Waals surface area contributed by atoms with Crippen molar-refractivity contribution in [2.24, 2.45) is 0 Å². The van der Waals surface area contributed by atoms with Crippen molar-refractivity contribution in [3.05, 3.63) is 70.2 Å². The Bertz CT molecular complexity index is 1250. The molecule has 0 aliphatic carbocycles. The molecule has 10 heteroatoms. The molecule has 10 nitrogen and oxygen atoms in total. The van der Waals surface area contributed by atoms with Crippen LogP contribution in [0, 0.1) is 20.8 Å². The van der Waals surface area contributed by atoms with Gasteiger partial charge < -0.3 is 5.32 Å². The van der Waals surface area contributed by atoms with Crippen molar-refractivity contribution in [1.29, 1.82) is 0 Å². The second-order valence-corrected chi connectivity index (χ2v) is 6.77. The number of anilines is 1. The molecule has 3 aromatic heterocycles. The lowest BCUT2D eigenvalue weighted by molar-refractivity contribution is -0.116. The summed E-state index contributed by atoms with van der Waals surface area (Å²) in [7, 11) is 0. The molecule has 1 N–H and O–H groups in total. The lowest BCUT2D eigenvalue weighted by Crippen LogP contribution is -2.26. The Hall–Kier alpha value is -4.08. The summed E-state index contributed by atoms with van der Waals surface area (Å²) in [5.74, 6) is -0.918. The van der Waals surface area contributed by atoms with Gasteiger partial charge in [0.2, 0.25) is 11.7 Å². The van der Waals surface area contributed by atoms with Crippen LogP contribution in [0.3, 0.4) is 0 Å². The molecule has 0 fully saturated rings. The van der Waals surface area contributed by atoms with Crippen molar-refractivity contribution >= 4 is 11.6 Å². The summed E-state index contributed by atoms with van der Waals surface area (Å²) in [5, 5.41) is 11.0. The lowest BCUT2D eigenvalue weighted by Gasteiger charge is -2.08. The highest BCUT2D eigenvalue weighted by Crippen LogP contribution is 2.23. The van der Waals surface area contributed by atoms with Gasteiger partial charge in [0.05, 0.1) is 22.8 Å². The smallest absolute Gasteiger partial charge is 0.321 e. The number of carbonyl (C=O) groups excluding carboxylic acids is 1. The van der Waals surface area contributed by atoms with Crippen molar-refractivity contribution in [2.45, 2.75) is 27.3 Å². The number of rotatable bonds is 5. The predicted octanol–water partition coefficient (Wildman–Crippen LogP) is 2.04. The fraction of sp³-hybridized carbons (Fsp3) is 0.200. The SMILES string of the molecule is Cc1ccc(-n2nc(C)c(NC(=O)Cn3c(-c4ncccn4)noc3=O)c2C)cc1. The first-order valence-electron chi connectivity index (χ1n) is 9.21. The molecule has 30 heavy (non-hydrogen) atoms. The van der Waals surface area contributed by atoms with Crippen LogP contribution in [-0.4, -0.2) is 35.4 Å². The Morgan fingerprint density at radius 2 is 1.80 bits per heavy atom. The molecule has 0 unspecified atom stereocenters. The van der Waals surface area contributed by atoms with Gasteiger partial charge in [-0.25, -0.2) is 24.0 Å². The van der Waals surface area contributed by atoms with E-state index in [9.17, 15) is 9.59 Å². The van der Waals surface area contributed by atoms with Gasteiger partial charge >= 0.3 is 5.76 Å². The van der Waals surface area contributed by atoms with Gasteiger partial charge in [0.25, 0.3) is 0 Å². The molecule has 0 aliphatic rings. The van der Waals surface area contributed by atoms with E-state index in [4.69, 9.17) is 4.52 Å². The first kappa shape index (κ1) is 19.2. The van der Waals surface area contributed by atoms with Crippen LogP contribution in [0.15, 0.2) is 52.0 Å². The predicted molar refractivity (Wildman–Crippen MR) is 108 cm³/mol. The molecule has 0 saturated heterocycles. The number of nitrogens with one attached hydrogen (secondary N) is 1. The van der Waals surface area contributed by atoms with E-state index in [1.54, 1.807) is 10.7 Å². The van der Waals surface area contributed by atoms with Gasteiger partial charge in [0.15, 0.2) is 5.82 Å². The zero-order chi connectivity index (χ0) is 21.3. The summed E-state index contributed by atoms with van der Waals surface area (Å²) in [6.45, 7) is 5.38. The van der Waals surface area contributed by atoms with E-state index in [0.29, 0.717) is 11.4 Å². The minimum atomic E-state index is -0.767. The number of aromatic nitrogens is 6. The maximum absolute atomic E-state index is 12.7. The zero-order valence-electron chi connectivity index (χ0n) is 16.7. The number of amides is 1. The zero-order valence-corrected chi connectivity index (χ0v) is 16.7. The number of carbonyl (C=O) groups is 1. The van der Waals surface area contributed by atoms with E-state index >= 15 is 0 Å². The van der Waals surface area contributed by atoms with E-state index in [0.717, 1.165) is 21.5 Å². The first-order chi connectivity index (χ1) is 14.4. The third-order valence-corrected chi connectivity index (χ3v) is 4.59. The summed E-state index contributed by atoms with van der Waals surface area (Å²) < 4.78 is 7.55. The molecule has 4 rings (SSSR count). The number of benzene rings is 1. The second kappa shape index (κ2) is 7.74. The van der Waals surface area contributed by atoms with Crippen molar-refractivity contribution in [3.63, 3.8) is 0 Å². The maximum Gasteiger partial charge on any atom is 0.442 e. The normalized spacial score (nSPS) is 10.9. The molecule has 0 spiro atoms. The van der Waals surface area contributed by atoms with Crippen molar-refractivity contribution in [2.75, 3.05) is 5.32 Å². The molecule has 0 saturated carbocycles. The molecule has 1 aromatic carbocycles. The van der Waals surface area contributed by atoms with Gasteiger partial charge in [0.1, 0.15) is 6.54 Å². The van der Waals surface area contributed by atoms with E-state index < -0.39 is 11.7 Å². The number of nitrogens with zero attached hydrogens (tertiary/aromatic N) is 6. The first-order valence-corrected chi connectivity index (χ1v) is 9.21. The molecule has 1 amide bonds. The summed E-state index contributed by atoms with van der Waals surface area (Å²) >= 11 is 0. The molecular formula is C20H19N7O3. The van der Waals surface area contributed by atoms with Gasteiger partial charge in [-0.1, -0.05) is 22.9 Å². The number of aryl methyl sites for hydroxylation is 2. The van der Waals surface area contributed by atoms with Gasteiger partial charge in [-0.15, -0.1) is 0 Å². The molecular weight excluding hydrogens is 386 g/mol. The average Bonchev–Trinajstić information content (AvgIpc) is 3.24. The summed E-state index contributed by atoms with van der Waals surface area (Å²) in [6.07, 6.45) is 3.02. The highest BCUT2D eigenvalue weighted by Gasteiger charge is 2.20. The maximum atomic E-state index is 12.7. The Labute approximate surface area is 171 Å². The van der Waals surface area contributed by atoms with Crippen LogP contribution in [0.1, 0.15) is 17.0 Å². The minimum Gasteiger partial charge on any atom is -0.321 e. The van der Waals surface area contributed by atoms with Crippen LogP contribution >= 0.6 is 0 Å². The molecule has 152 valence electrons. The Balaban J connectivity index is 1.58. The quantitative estimate of drug-likeness (QED) is 0.539. The number of hydrogen-bond acceptors (Lipinski definition) is 7. The van der Waals surface area contributed by atoms with Crippen LogP contribution in [0.2, 0.25) is 0 Å². The van der Waals surface area contributed by atoms with Gasteiger partial charge in [-0.05, 0) is 39.0 Å². The van der Waals surface area contributed by atoms with Gasteiger partial charge in [-0.2, -0.15) is 5.10 Å². The summed E-state index contributed by atoms with van der Waals surface area (Å²) in [4.78, 5) is 32.8. The standard InChI is InChI=1S/C20H19N7O3/c1-12-5-7-15(8-6-12)27-14(3)17(13(2)24-27)23-16(28)11-26-19(25-30-20(26)29)18-21-9-4-10-22-18/h4-10H,11H2,1-3H3,(H,23,28). The summed E-state index contributed by atoms with van der Waals surface area (Å²) in [6, 6.07) is 9.55. The van der Waals surface area contributed by atoms with Gasteiger partial charge in [0, 0.05) is 12.4 Å². The van der Waals surface area contributed by atoms with E-state index in [-0.39, 0.29) is 18.2 Å². The fourth-order valence-corrected chi connectivity index (χ4v) is 3.07. The third kappa shape index (κ3) is 3.62. The minimum absolute atomic E-state index is 0.0829. The Morgan fingerprint density at radius 3 is 2.50 bits per heavy atom. The molecule has 0 radical (unpaired) electrons. The van der Waals surface area contributed by atoms with Crippen molar-refractivity contribution in [3.8, 4) is 17.3 Å². The largest absolute Gasteiger partial charge is 0.442 e. The fourth-order valence-electron chi connectivity index (χ4n) is 3.07. The number of hydrogen-bond donors (Lipinski definition) is 1. The van der Waals surface area contributed by atoms with Gasteiger partial charge in [-0.3, -0.25) is 9.32 Å². The third-order valence-electron chi connectivity index (χ3n) is 4.59. The Kier molecular flexibility index (Phi) is 4.97. The van der Waals surface area contributed by atoms with Crippen LogP contribution in [0.25, 0.3) is 17.3 Å². The van der Waals surface area contributed by atoms with Crippen molar-refractivity contribution < 1.29 is 9.32 Å². The molecule has 0 atom stereocenters. The molecule has 0 aliphatic heterocycles. The monoisotopic (exact) mass is 405 g/mol. The highest BCUT2D eigenvalue weighted by molar-refractivity contribution is 5.92. The highest BCUT2D eigenvalue weighted by atomic mass is 16.5. The van der Waals surface area contributed by atoms with Crippen LogP contribution in [-0.2, 0) is 11.3 Å². The molecule has 4 aromatic rings. The molecule has 0 bridgehead atoms. The van der Waals surface area contributed by atoms with E-state index in [1.807, 2.05) is 45.0 Å². The van der Waals surface area contributed by atoms with E-state index in [2.05, 4.69) is 25.5 Å². The molecule has 3 heterocycles. The average molecular weight is 405 g/mol. The van der Waals surface area contributed by atoms with Crippen LogP contribution in [0.4, 0.5) is 5.69 Å². The Morgan fingerprint density at radius 1 is 1.10 bits per heavy atom.